The van der Waals surface area contributed by atoms with Gasteiger partial charge >= 0.3 is 0 Å². The Balaban J connectivity index is 1.31. The minimum absolute atomic E-state index is 0.650. The number of hydrogen-bond donors (Lipinski definition) is 0. The second-order valence-electron chi connectivity index (χ2n) is 7.58. The van der Waals surface area contributed by atoms with Crippen molar-refractivity contribution in [2.45, 2.75) is 0 Å². The number of halogens is 1. The zero-order valence-electron chi connectivity index (χ0n) is 16.7. The standard InChI is InChI=1S/C24H19ClN4OS/c25-16-9-10-21-19(15-16)26-23(17-5-1-3-7-20(17)30-21)28-11-13-29(14-12-28)24-27-18-6-2-4-8-22(18)31-24/h1-10,15H,11-14H2. The molecule has 5 nitrogen and oxygen atoms in total. The topological polar surface area (TPSA) is 41.0 Å². The monoisotopic (exact) mass is 446 g/mol. The van der Waals surface area contributed by atoms with Crippen LogP contribution in [0.1, 0.15) is 5.56 Å². The van der Waals surface area contributed by atoms with Crippen LogP contribution in [0.3, 0.4) is 0 Å². The summed E-state index contributed by atoms with van der Waals surface area (Å²) in [4.78, 5) is 14.5. The maximum absolute atomic E-state index is 6.24. The third-order valence-electron chi connectivity index (χ3n) is 5.63. The number of aliphatic imine (C=N–C) groups is 1. The van der Waals surface area contributed by atoms with Gasteiger partial charge in [0.2, 0.25) is 0 Å². The van der Waals surface area contributed by atoms with E-state index >= 15 is 0 Å². The second kappa shape index (κ2) is 7.55. The molecule has 0 radical (unpaired) electrons. The van der Waals surface area contributed by atoms with Crippen molar-refractivity contribution in [1.82, 2.24) is 9.88 Å². The lowest BCUT2D eigenvalue weighted by Crippen LogP contribution is -2.49. The van der Waals surface area contributed by atoms with Crippen molar-refractivity contribution in [1.29, 1.82) is 0 Å². The zero-order chi connectivity index (χ0) is 20.8. The van der Waals surface area contributed by atoms with Crippen LogP contribution >= 0.6 is 22.9 Å². The number of amidine groups is 1. The lowest BCUT2D eigenvalue weighted by atomic mass is 10.1. The summed E-state index contributed by atoms with van der Waals surface area (Å²) in [6.45, 7) is 3.51. The van der Waals surface area contributed by atoms with Crippen LogP contribution in [0, 0.1) is 0 Å². The van der Waals surface area contributed by atoms with E-state index in [0.29, 0.717) is 5.02 Å². The van der Waals surface area contributed by atoms with E-state index in [4.69, 9.17) is 26.3 Å². The number of aromatic nitrogens is 1. The maximum atomic E-state index is 6.24. The largest absolute Gasteiger partial charge is 0.454 e. The fourth-order valence-electron chi connectivity index (χ4n) is 4.04. The molecule has 0 unspecified atom stereocenters. The summed E-state index contributed by atoms with van der Waals surface area (Å²) in [7, 11) is 0. The van der Waals surface area contributed by atoms with Gasteiger partial charge in [-0.1, -0.05) is 47.2 Å². The molecule has 7 heteroatoms. The van der Waals surface area contributed by atoms with Gasteiger partial charge in [-0.3, -0.25) is 0 Å². The third-order valence-corrected chi connectivity index (χ3v) is 6.96. The number of hydrogen-bond acceptors (Lipinski definition) is 6. The molecular weight excluding hydrogens is 428 g/mol. The molecule has 2 aliphatic rings. The average Bonchev–Trinajstić information content (AvgIpc) is 3.17. The molecule has 3 heterocycles. The molecule has 4 aromatic rings. The summed E-state index contributed by atoms with van der Waals surface area (Å²) >= 11 is 8.00. The van der Waals surface area contributed by atoms with Gasteiger partial charge in [-0.25, -0.2) is 9.98 Å². The minimum atomic E-state index is 0.650. The molecule has 0 amide bonds. The van der Waals surface area contributed by atoms with E-state index < -0.39 is 0 Å². The van der Waals surface area contributed by atoms with Crippen molar-refractivity contribution >= 4 is 49.8 Å². The second-order valence-corrected chi connectivity index (χ2v) is 9.03. The first-order chi connectivity index (χ1) is 15.2. The average molecular weight is 447 g/mol. The molecule has 154 valence electrons. The van der Waals surface area contributed by atoms with Crippen molar-refractivity contribution in [2.75, 3.05) is 31.1 Å². The number of fused-ring (bicyclic) bond motifs is 3. The van der Waals surface area contributed by atoms with Crippen LogP contribution in [0.25, 0.3) is 10.2 Å². The lowest BCUT2D eigenvalue weighted by Gasteiger charge is -2.36. The summed E-state index contributed by atoms with van der Waals surface area (Å²) in [5.74, 6) is 2.47. The van der Waals surface area contributed by atoms with Crippen LogP contribution in [-0.4, -0.2) is 41.9 Å². The molecule has 0 bridgehead atoms. The molecule has 0 atom stereocenters. The van der Waals surface area contributed by atoms with Crippen molar-refractivity contribution in [3.05, 3.63) is 77.3 Å². The van der Waals surface area contributed by atoms with E-state index in [1.807, 2.05) is 42.5 Å². The van der Waals surface area contributed by atoms with Gasteiger partial charge in [0.15, 0.2) is 10.9 Å². The summed E-state index contributed by atoms with van der Waals surface area (Å²) in [6, 6.07) is 22.0. The van der Waals surface area contributed by atoms with Crippen LogP contribution in [0.2, 0.25) is 5.02 Å². The highest BCUT2D eigenvalue weighted by atomic mass is 35.5. The smallest absolute Gasteiger partial charge is 0.186 e. The molecule has 0 saturated carbocycles. The summed E-state index contributed by atoms with van der Waals surface area (Å²) < 4.78 is 7.41. The van der Waals surface area contributed by atoms with Crippen LogP contribution in [0.4, 0.5) is 10.8 Å². The van der Waals surface area contributed by atoms with Crippen LogP contribution < -0.4 is 9.64 Å². The van der Waals surface area contributed by atoms with Gasteiger partial charge in [-0.05, 0) is 42.5 Å². The number of rotatable bonds is 1. The molecule has 6 rings (SSSR count). The Morgan fingerprint density at radius 3 is 2.48 bits per heavy atom. The predicted molar refractivity (Wildman–Crippen MR) is 128 cm³/mol. The number of para-hydroxylation sites is 2. The third kappa shape index (κ3) is 3.42. The summed E-state index contributed by atoms with van der Waals surface area (Å²) in [6.07, 6.45) is 0. The van der Waals surface area contributed by atoms with Crippen LogP contribution in [-0.2, 0) is 0 Å². The number of thiazole rings is 1. The van der Waals surface area contributed by atoms with Gasteiger partial charge in [0.25, 0.3) is 0 Å². The van der Waals surface area contributed by atoms with Crippen molar-refractivity contribution in [3.63, 3.8) is 0 Å². The Bertz CT molecular complexity index is 1280. The molecular formula is C24H19ClN4OS. The molecule has 0 N–H and O–H groups in total. The van der Waals surface area contributed by atoms with Crippen LogP contribution in [0.15, 0.2) is 71.7 Å². The van der Waals surface area contributed by atoms with Gasteiger partial charge in [0.1, 0.15) is 17.3 Å². The Morgan fingerprint density at radius 1 is 0.839 bits per heavy atom. The first-order valence-corrected chi connectivity index (χ1v) is 11.4. The van der Waals surface area contributed by atoms with Crippen molar-refractivity contribution < 1.29 is 4.74 Å². The lowest BCUT2D eigenvalue weighted by molar-refractivity contribution is 0.386. The van der Waals surface area contributed by atoms with Gasteiger partial charge in [-0.15, -0.1) is 0 Å². The highest BCUT2D eigenvalue weighted by molar-refractivity contribution is 7.22. The van der Waals surface area contributed by atoms with E-state index in [1.54, 1.807) is 11.3 Å². The zero-order valence-corrected chi connectivity index (χ0v) is 18.2. The van der Waals surface area contributed by atoms with Crippen molar-refractivity contribution in [3.8, 4) is 11.5 Å². The van der Waals surface area contributed by atoms with E-state index in [0.717, 1.165) is 65.4 Å². The summed E-state index contributed by atoms with van der Waals surface area (Å²) in [5, 5.41) is 1.74. The number of benzene rings is 3. The fourth-order valence-corrected chi connectivity index (χ4v) is 5.23. The van der Waals surface area contributed by atoms with Crippen molar-refractivity contribution in [2.24, 2.45) is 4.99 Å². The number of piperazine rings is 1. The first-order valence-electron chi connectivity index (χ1n) is 10.3. The van der Waals surface area contributed by atoms with Gasteiger partial charge in [-0.2, -0.15) is 0 Å². The Morgan fingerprint density at radius 2 is 1.61 bits per heavy atom. The van der Waals surface area contributed by atoms with E-state index in [9.17, 15) is 0 Å². The number of nitrogens with zero attached hydrogens (tertiary/aromatic N) is 4. The molecule has 1 saturated heterocycles. The summed E-state index contributed by atoms with van der Waals surface area (Å²) in [5.41, 5.74) is 2.83. The Labute approximate surface area is 189 Å². The fraction of sp³-hybridized carbons (Fsp3) is 0.167. The maximum Gasteiger partial charge on any atom is 0.186 e. The molecule has 3 aromatic carbocycles. The van der Waals surface area contributed by atoms with Gasteiger partial charge in [0.05, 0.1) is 15.8 Å². The van der Waals surface area contributed by atoms with Gasteiger partial charge < -0.3 is 14.5 Å². The first kappa shape index (κ1) is 18.7. The molecule has 2 aliphatic heterocycles. The van der Waals surface area contributed by atoms with Crippen LogP contribution in [0.5, 0.6) is 11.5 Å². The van der Waals surface area contributed by atoms with E-state index in [1.165, 1.54) is 4.70 Å². The predicted octanol–water partition coefficient (Wildman–Crippen LogP) is 5.96. The molecule has 1 fully saturated rings. The normalized spacial score (nSPS) is 15.7. The Hall–Kier alpha value is -3.09. The molecule has 0 aliphatic carbocycles. The van der Waals surface area contributed by atoms with E-state index in [2.05, 4.69) is 34.1 Å². The molecule has 31 heavy (non-hydrogen) atoms. The van der Waals surface area contributed by atoms with Gasteiger partial charge in [0, 0.05) is 31.2 Å². The SMILES string of the molecule is Clc1ccc2c(c1)N=C(N1CCN(c3nc4ccccc4s3)CC1)c1ccccc1O2. The Kier molecular flexibility index (Phi) is 4.55. The quantitative estimate of drug-likeness (QED) is 0.362. The number of ether oxygens (including phenoxy) is 1. The highest BCUT2D eigenvalue weighted by Gasteiger charge is 2.27. The highest BCUT2D eigenvalue weighted by Crippen LogP contribution is 2.39. The minimum Gasteiger partial charge on any atom is -0.454 e. The van der Waals surface area contributed by atoms with E-state index in [-0.39, 0.29) is 0 Å². The number of anilines is 1. The molecule has 0 spiro atoms. The molecule has 1 aromatic heterocycles.